The zero-order chi connectivity index (χ0) is 14.0. The van der Waals surface area contributed by atoms with Crippen LogP contribution in [0, 0.1) is 0 Å². The lowest BCUT2D eigenvalue weighted by atomic mass is 10.2. The highest BCUT2D eigenvalue weighted by Crippen LogP contribution is 2.21. The number of halogens is 1. The molecule has 0 atom stereocenters. The van der Waals surface area contributed by atoms with Crippen molar-refractivity contribution in [1.29, 1.82) is 0 Å². The standard InChI is InChI=1S/C14H15BrN2O2/c1-3-17-9-10(15)8-13(17)14(19)16(2)11-4-6-12(18)7-5-11/h4-9,18H,3H2,1-2H3. The second kappa shape index (κ2) is 5.48. The van der Waals surface area contributed by atoms with Crippen molar-refractivity contribution in [3.63, 3.8) is 0 Å². The Labute approximate surface area is 120 Å². The van der Waals surface area contributed by atoms with E-state index < -0.39 is 0 Å². The molecule has 1 aromatic carbocycles. The van der Waals surface area contributed by atoms with E-state index in [0.717, 1.165) is 16.7 Å². The van der Waals surface area contributed by atoms with Crippen molar-refractivity contribution in [2.45, 2.75) is 13.5 Å². The molecule has 0 radical (unpaired) electrons. The first-order chi connectivity index (χ1) is 9.02. The van der Waals surface area contributed by atoms with Crippen LogP contribution < -0.4 is 4.90 Å². The van der Waals surface area contributed by atoms with Crippen molar-refractivity contribution in [3.8, 4) is 5.75 Å². The van der Waals surface area contributed by atoms with E-state index >= 15 is 0 Å². The molecular formula is C14H15BrN2O2. The molecule has 2 aromatic rings. The number of carbonyl (C=O) groups excluding carboxylic acids is 1. The Kier molecular flexibility index (Phi) is 3.95. The maximum atomic E-state index is 12.4. The third-order valence-corrected chi connectivity index (χ3v) is 3.40. The average Bonchev–Trinajstić information content (AvgIpc) is 2.79. The van der Waals surface area contributed by atoms with Crippen molar-refractivity contribution in [2.24, 2.45) is 0 Å². The summed E-state index contributed by atoms with van der Waals surface area (Å²) in [7, 11) is 1.72. The minimum atomic E-state index is -0.0850. The van der Waals surface area contributed by atoms with Crippen LogP contribution in [0.1, 0.15) is 17.4 Å². The summed E-state index contributed by atoms with van der Waals surface area (Å²) >= 11 is 3.38. The van der Waals surface area contributed by atoms with E-state index in [1.165, 1.54) is 0 Å². The molecule has 1 N–H and O–H groups in total. The van der Waals surface area contributed by atoms with Crippen LogP contribution in [-0.4, -0.2) is 22.6 Å². The van der Waals surface area contributed by atoms with Gasteiger partial charge in [0.1, 0.15) is 11.4 Å². The van der Waals surface area contributed by atoms with E-state index in [4.69, 9.17) is 0 Å². The lowest BCUT2D eigenvalue weighted by molar-refractivity contribution is 0.0984. The van der Waals surface area contributed by atoms with Gasteiger partial charge in [0.25, 0.3) is 5.91 Å². The molecule has 0 aliphatic rings. The van der Waals surface area contributed by atoms with Crippen LogP contribution in [0.25, 0.3) is 0 Å². The van der Waals surface area contributed by atoms with Gasteiger partial charge in [-0.1, -0.05) is 0 Å². The molecule has 0 aliphatic carbocycles. The zero-order valence-electron chi connectivity index (χ0n) is 10.8. The van der Waals surface area contributed by atoms with Crippen molar-refractivity contribution < 1.29 is 9.90 Å². The number of hydrogen-bond acceptors (Lipinski definition) is 2. The fourth-order valence-electron chi connectivity index (χ4n) is 1.88. The molecule has 1 heterocycles. The summed E-state index contributed by atoms with van der Waals surface area (Å²) in [5.41, 5.74) is 1.37. The maximum Gasteiger partial charge on any atom is 0.274 e. The molecule has 0 saturated carbocycles. The zero-order valence-corrected chi connectivity index (χ0v) is 12.4. The van der Waals surface area contributed by atoms with Gasteiger partial charge in [-0.3, -0.25) is 4.79 Å². The molecule has 0 aliphatic heterocycles. The number of hydrogen-bond donors (Lipinski definition) is 1. The SMILES string of the molecule is CCn1cc(Br)cc1C(=O)N(C)c1ccc(O)cc1. The molecule has 1 aromatic heterocycles. The molecule has 0 spiro atoms. The Morgan fingerprint density at radius 1 is 1.37 bits per heavy atom. The molecule has 4 nitrogen and oxygen atoms in total. The van der Waals surface area contributed by atoms with E-state index in [-0.39, 0.29) is 11.7 Å². The van der Waals surface area contributed by atoms with Crippen LogP contribution in [-0.2, 0) is 6.54 Å². The highest BCUT2D eigenvalue weighted by atomic mass is 79.9. The Balaban J connectivity index is 2.30. The van der Waals surface area contributed by atoms with Gasteiger partial charge < -0.3 is 14.6 Å². The van der Waals surface area contributed by atoms with Crippen molar-refractivity contribution >= 4 is 27.5 Å². The number of anilines is 1. The van der Waals surface area contributed by atoms with Gasteiger partial charge in [-0.15, -0.1) is 0 Å². The van der Waals surface area contributed by atoms with E-state index in [9.17, 15) is 9.90 Å². The van der Waals surface area contributed by atoms with Gasteiger partial charge in [0.05, 0.1) is 0 Å². The first kappa shape index (κ1) is 13.7. The van der Waals surface area contributed by atoms with E-state index in [1.807, 2.05) is 23.8 Å². The van der Waals surface area contributed by atoms with Crippen LogP contribution in [0.2, 0.25) is 0 Å². The minimum absolute atomic E-state index is 0.0850. The van der Waals surface area contributed by atoms with E-state index in [2.05, 4.69) is 15.9 Å². The predicted molar refractivity (Wildman–Crippen MR) is 78.6 cm³/mol. The van der Waals surface area contributed by atoms with Crippen molar-refractivity contribution in [1.82, 2.24) is 4.57 Å². The van der Waals surface area contributed by atoms with Crippen LogP contribution >= 0.6 is 15.9 Å². The number of aryl methyl sites for hydroxylation is 1. The van der Waals surface area contributed by atoms with Gasteiger partial charge >= 0.3 is 0 Å². The maximum absolute atomic E-state index is 12.4. The number of phenolic OH excluding ortho intramolecular Hbond substituents is 1. The Hall–Kier alpha value is -1.75. The summed E-state index contributed by atoms with van der Waals surface area (Å²) < 4.78 is 2.78. The molecule has 100 valence electrons. The number of aromatic nitrogens is 1. The number of amides is 1. The quantitative estimate of drug-likeness (QED) is 0.942. The number of rotatable bonds is 3. The molecule has 0 unspecified atom stereocenters. The Morgan fingerprint density at radius 2 is 2.00 bits per heavy atom. The van der Waals surface area contributed by atoms with Gasteiger partial charge in [-0.2, -0.15) is 0 Å². The van der Waals surface area contributed by atoms with Crippen LogP contribution in [0.3, 0.4) is 0 Å². The topological polar surface area (TPSA) is 45.5 Å². The van der Waals surface area contributed by atoms with Gasteiger partial charge in [-0.25, -0.2) is 0 Å². The lowest BCUT2D eigenvalue weighted by Gasteiger charge is -2.18. The minimum Gasteiger partial charge on any atom is -0.508 e. The molecule has 19 heavy (non-hydrogen) atoms. The Morgan fingerprint density at radius 3 is 2.58 bits per heavy atom. The third kappa shape index (κ3) is 2.81. The number of carbonyl (C=O) groups is 1. The molecule has 2 rings (SSSR count). The first-order valence-corrected chi connectivity index (χ1v) is 6.75. The second-order valence-electron chi connectivity index (χ2n) is 4.21. The molecule has 0 bridgehead atoms. The van der Waals surface area contributed by atoms with Crippen molar-refractivity contribution in [3.05, 3.63) is 46.7 Å². The molecule has 0 saturated heterocycles. The molecular weight excluding hydrogens is 308 g/mol. The molecule has 5 heteroatoms. The number of nitrogens with zero attached hydrogens (tertiary/aromatic N) is 2. The van der Waals surface area contributed by atoms with Crippen LogP contribution in [0.15, 0.2) is 41.0 Å². The summed E-state index contributed by atoms with van der Waals surface area (Å²) in [6, 6.07) is 8.35. The molecule has 1 amide bonds. The summed E-state index contributed by atoms with van der Waals surface area (Å²) in [6.07, 6.45) is 1.89. The summed E-state index contributed by atoms with van der Waals surface area (Å²) in [4.78, 5) is 14.0. The van der Waals surface area contributed by atoms with E-state index in [0.29, 0.717) is 5.69 Å². The normalized spacial score (nSPS) is 10.5. The van der Waals surface area contributed by atoms with Gasteiger partial charge in [-0.05, 0) is 53.2 Å². The van der Waals surface area contributed by atoms with Crippen molar-refractivity contribution in [2.75, 3.05) is 11.9 Å². The number of phenols is 1. The number of aromatic hydroxyl groups is 1. The average molecular weight is 323 g/mol. The highest BCUT2D eigenvalue weighted by Gasteiger charge is 2.17. The third-order valence-electron chi connectivity index (χ3n) is 2.96. The molecule has 0 fully saturated rings. The summed E-state index contributed by atoms with van der Waals surface area (Å²) in [6.45, 7) is 2.72. The second-order valence-corrected chi connectivity index (χ2v) is 5.13. The summed E-state index contributed by atoms with van der Waals surface area (Å²) in [5.74, 6) is 0.0996. The van der Waals surface area contributed by atoms with Gasteiger partial charge in [0.2, 0.25) is 0 Å². The van der Waals surface area contributed by atoms with E-state index in [1.54, 1.807) is 36.2 Å². The monoisotopic (exact) mass is 322 g/mol. The smallest absolute Gasteiger partial charge is 0.274 e. The lowest BCUT2D eigenvalue weighted by Crippen LogP contribution is -2.28. The highest BCUT2D eigenvalue weighted by molar-refractivity contribution is 9.10. The Bertz CT molecular complexity index is 590. The fourth-order valence-corrected chi connectivity index (χ4v) is 2.34. The first-order valence-electron chi connectivity index (χ1n) is 5.95. The van der Waals surface area contributed by atoms with Gasteiger partial charge in [0.15, 0.2) is 0 Å². The predicted octanol–water partition coefficient (Wildman–Crippen LogP) is 3.25. The largest absolute Gasteiger partial charge is 0.508 e. The fraction of sp³-hybridized carbons (Fsp3) is 0.214. The summed E-state index contributed by atoms with van der Waals surface area (Å²) in [5, 5.41) is 9.27. The van der Waals surface area contributed by atoms with Crippen LogP contribution in [0.4, 0.5) is 5.69 Å². The van der Waals surface area contributed by atoms with Gasteiger partial charge in [0, 0.05) is 29.9 Å². The number of benzene rings is 1. The van der Waals surface area contributed by atoms with Crippen LogP contribution in [0.5, 0.6) is 5.75 Å².